The highest BCUT2D eigenvalue weighted by molar-refractivity contribution is 6.76. The van der Waals surface area contributed by atoms with Crippen molar-refractivity contribution >= 4 is 30.9 Å². The second-order valence-electron chi connectivity index (χ2n) is 13.5. The summed E-state index contributed by atoms with van der Waals surface area (Å²) < 4.78 is 19.4. The predicted molar refractivity (Wildman–Crippen MR) is 145 cm³/mol. The first-order valence-electron chi connectivity index (χ1n) is 11.7. The summed E-state index contributed by atoms with van der Waals surface area (Å²) in [6, 6.07) is 5.54. The summed E-state index contributed by atoms with van der Waals surface area (Å²) >= 11 is 0. The molecule has 0 amide bonds. The lowest BCUT2D eigenvalue weighted by molar-refractivity contribution is 0.0712. The van der Waals surface area contributed by atoms with Gasteiger partial charge in [0.15, 0.2) is 0 Å². The molecular weight excluding hydrogens is 449 g/mol. The topological polar surface area (TPSA) is 44.8 Å². The van der Waals surface area contributed by atoms with Crippen molar-refractivity contribution in [2.75, 3.05) is 0 Å². The Hall–Kier alpha value is -1.06. The van der Waals surface area contributed by atoms with E-state index in [1.165, 1.54) is 0 Å². The molecule has 1 rings (SSSR count). The number of benzene rings is 1. The zero-order valence-electron chi connectivity index (χ0n) is 23.4. The molecule has 0 saturated carbocycles. The normalized spacial score (nSPS) is 14.2. The second kappa shape index (κ2) is 8.95. The van der Waals surface area contributed by atoms with Crippen molar-refractivity contribution in [2.45, 2.75) is 117 Å². The smallest absolute Gasteiger partial charge is 0.324 e. The highest BCUT2D eigenvalue weighted by Gasteiger charge is 2.43. The van der Waals surface area contributed by atoms with Crippen LogP contribution in [0.3, 0.4) is 0 Å². The van der Waals surface area contributed by atoms with Crippen LogP contribution in [0.5, 0.6) is 11.5 Å². The highest BCUT2D eigenvalue weighted by Crippen LogP contribution is 2.44. The summed E-state index contributed by atoms with van der Waals surface area (Å²) in [5, 5.41) is 0.0363. The van der Waals surface area contributed by atoms with Crippen LogP contribution in [0.2, 0.25) is 54.4 Å². The number of carbonyl (C=O) groups excluding carboxylic acids is 1. The summed E-state index contributed by atoms with van der Waals surface area (Å²) in [6.45, 7) is 32.8. The van der Waals surface area contributed by atoms with Crippen molar-refractivity contribution in [2.24, 2.45) is 0 Å². The van der Waals surface area contributed by atoms with E-state index in [1.54, 1.807) is 0 Å². The molecule has 0 radical (unpaired) electrons. The van der Waals surface area contributed by atoms with Crippen LogP contribution in [0.25, 0.3) is 0 Å². The maximum Gasteiger partial charge on any atom is 0.324 e. The maximum atomic E-state index is 13.1. The largest absolute Gasteiger partial charge is 0.541 e. The minimum Gasteiger partial charge on any atom is -0.541 e. The van der Waals surface area contributed by atoms with Gasteiger partial charge in [0.2, 0.25) is 0 Å². The van der Waals surface area contributed by atoms with Gasteiger partial charge in [0.25, 0.3) is 25.0 Å². The molecule has 0 aromatic heterocycles. The van der Waals surface area contributed by atoms with Crippen molar-refractivity contribution in [3.05, 3.63) is 23.8 Å². The molecule has 0 heterocycles. The van der Waals surface area contributed by atoms with Gasteiger partial charge in [-0.25, -0.2) is 4.79 Å². The molecule has 0 aliphatic rings. The average Bonchev–Trinajstić information content (AvgIpc) is 2.52. The first-order valence-corrected chi connectivity index (χ1v) is 20.4. The second-order valence-corrected chi connectivity index (χ2v) is 27.7. The lowest BCUT2D eigenvalue weighted by Gasteiger charge is -2.40. The van der Waals surface area contributed by atoms with Gasteiger partial charge in [-0.05, 0) is 72.6 Å². The quantitative estimate of drug-likeness (QED) is 0.370. The molecule has 0 aliphatic heterocycles. The molecule has 184 valence electrons. The van der Waals surface area contributed by atoms with Crippen LogP contribution in [0.4, 0.5) is 0 Å². The van der Waals surface area contributed by atoms with E-state index < -0.39 is 25.0 Å². The summed E-state index contributed by atoms with van der Waals surface area (Å²) in [7, 11) is -6.45. The van der Waals surface area contributed by atoms with Crippen LogP contribution in [0, 0.1) is 0 Å². The van der Waals surface area contributed by atoms with E-state index in [0.717, 1.165) is 5.75 Å². The van der Waals surface area contributed by atoms with Gasteiger partial charge in [-0.15, -0.1) is 0 Å². The number of rotatable bonds is 6. The number of hydrogen-bond acceptors (Lipinski definition) is 4. The minimum absolute atomic E-state index is 0.0267. The summed E-state index contributed by atoms with van der Waals surface area (Å²) in [4.78, 5) is 13.1. The lowest BCUT2D eigenvalue weighted by Crippen LogP contribution is -2.46. The van der Waals surface area contributed by atoms with Crippen molar-refractivity contribution in [3.8, 4) is 11.5 Å². The van der Waals surface area contributed by atoms with Gasteiger partial charge in [-0.1, -0.05) is 62.3 Å². The van der Waals surface area contributed by atoms with E-state index in [-0.39, 0.29) is 21.1 Å². The zero-order valence-corrected chi connectivity index (χ0v) is 26.4. The fourth-order valence-corrected chi connectivity index (χ4v) is 5.03. The van der Waals surface area contributed by atoms with Crippen LogP contribution in [-0.2, 0) is 4.43 Å². The molecule has 7 heteroatoms. The number of carbonyl (C=O) groups is 1. The van der Waals surface area contributed by atoms with E-state index >= 15 is 0 Å². The molecule has 0 saturated heterocycles. The lowest BCUT2D eigenvalue weighted by atomic mass is 10.2. The van der Waals surface area contributed by atoms with Crippen molar-refractivity contribution in [3.63, 3.8) is 0 Å². The minimum atomic E-state index is -2.23. The third kappa shape index (κ3) is 6.73. The molecule has 0 unspecified atom stereocenters. The van der Waals surface area contributed by atoms with E-state index in [4.69, 9.17) is 13.3 Å². The molecule has 0 spiro atoms. The van der Waals surface area contributed by atoms with E-state index in [0.29, 0.717) is 11.3 Å². The maximum absolute atomic E-state index is 13.1. The Morgan fingerprint density at radius 2 is 1.00 bits per heavy atom. The average molecular weight is 497 g/mol. The molecule has 0 atom stereocenters. The molecule has 4 nitrogen and oxygen atoms in total. The Bertz CT molecular complexity index is 823. The molecule has 0 bridgehead atoms. The molecule has 0 N–H and O–H groups in total. The van der Waals surface area contributed by atoms with Gasteiger partial charge in [0.05, 0.1) is 5.56 Å². The molecular formula is C25H48O4Si3. The monoisotopic (exact) mass is 496 g/mol. The predicted octanol–water partition coefficient (Wildman–Crippen LogP) is 8.62. The summed E-state index contributed by atoms with van der Waals surface area (Å²) in [6.07, 6.45) is 0. The molecule has 1 aromatic rings. The van der Waals surface area contributed by atoms with Gasteiger partial charge in [0, 0.05) is 0 Å². The van der Waals surface area contributed by atoms with Gasteiger partial charge in [-0.2, -0.15) is 0 Å². The van der Waals surface area contributed by atoms with E-state index in [2.05, 4.69) is 102 Å². The Labute approximate surface area is 200 Å². The van der Waals surface area contributed by atoms with Crippen molar-refractivity contribution in [1.29, 1.82) is 0 Å². The first kappa shape index (κ1) is 29.0. The van der Waals surface area contributed by atoms with Crippen LogP contribution in [0.15, 0.2) is 18.2 Å². The van der Waals surface area contributed by atoms with Crippen LogP contribution in [0.1, 0.15) is 72.7 Å². The molecule has 32 heavy (non-hydrogen) atoms. The fraction of sp³-hybridized carbons (Fsp3) is 0.720. The van der Waals surface area contributed by atoms with Crippen molar-refractivity contribution < 1.29 is 18.1 Å². The van der Waals surface area contributed by atoms with Crippen LogP contribution < -0.4 is 8.85 Å². The van der Waals surface area contributed by atoms with E-state index in [9.17, 15) is 4.79 Å². The molecule has 0 aliphatic carbocycles. The Morgan fingerprint density at radius 1 is 0.625 bits per heavy atom. The van der Waals surface area contributed by atoms with Gasteiger partial charge < -0.3 is 13.3 Å². The fourth-order valence-electron chi connectivity index (χ4n) is 2.10. The van der Waals surface area contributed by atoms with Gasteiger partial charge in [-0.3, -0.25) is 0 Å². The zero-order chi connectivity index (χ0) is 25.6. The SMILES string of the molecule is CC(C)(C)[Si](C)(C)OC(=O)c1ccc(O[Si](C)(C)C(C)(C)C)c(O[Si](C)(C)C(C)(C)C)c1. The summed E-state index contributed by atoms with van der Waals surface area (Å²) in [5.41, 5.74) is 0.520. The number of hydrogen-bond donors (Lipinski definition) is 0. The molecule has 1 aromatic carbocycles. The standard InChI is InChI=1S/C25H48O4Si3/c1-23(2,3)30(10,11)27-20-17-16-19(22(26)29-32(14,15)25(7,8)9)18-21(20)28-31(12,13)24(4,5)6/h16-18H,1-15H3. The van der Waals surface area contributed by atoms with E-state index in [1.807, 2.05) is 18.2 Å². The highest BCUT2D eigenvalue weighted by atomic mass is 28.4. The Kier molecular flexibility index (Phi) is 8.10. The Balaban J connectivity index is 3.47. The van der Waals surface area contributed by atoms with Crippen molar-refractivity contribution in [1.82, 2.24) is 0 Å². The van der Waals surface area contributed by atoms with Crippen LogP contribution in [-0.4, -0.2) is 30.9 Å². The van der Waals surface area contributed by atoms with Gasteiger partial charge in [0.1, 0.15) is 11.5 Å². The summed E-state index contributed by atoms with van der Waals surface area (Å²) in [5.74, 6) is 1.10. The molecule has 0 fully saturated rings. The first-order chi connectivity index (χ1) is 13.9. The van der Waals surface area contributed by atoms with Gasteiger partial charge >= 0.3 is 5.97 Å². The Morgan fingerprint density at radius 3 is 1.38 bits per heavy atom. The third-order valence-electron chi connectivity index (χ3n) is 7.68. The van der Waals surface area contributed by atoms with Crippen LogP contribution >= 0.6 is 0 Å². The third-order valence-corrected chi connectivity index (χ3v) is 20.7.